The van der Waals surface area contributed by atoms with Gasteiger partial charge in [-0.25, -0.2) is 16.8 Å². The molecule has 1 aliphatic heterocycles. The molecule has 0 spiro atoms. The summed E-state index contributed by atoms with van der Waals surface area (Å²) in [6.07, 6.45) is 0.484. The van der Waals surface area contributed by atoms with Crippen LogP contribution < -0.4 is 14.8 Å². The molecule has 30 heavy (non-hydrogen) atoms. The number of amides is 1. The number of nitrogens with zero attached hydrogens (tertiary/aromatic N) is 1. The molecule has 11 heteroatoms. The van der Waals surface area contributed by atoms with Crippen LogP contribution in [0.1, 0.15) is 24.5 Å². The molecule has 1 heterocycles. The average molecular weight is 451 g/mol. The molecule has 3 rings (SSSR count). The van der Waals surface area contributed by atoms with E-state index in [0.29, 0.717) is 28.9 Å². The molecule has 0 saturated heterocycles. The van der Waals surface area contributed by atoms with Gasteiger partial charge in [0.2, 0.25) is 15.9 Å². The van der Waals surface area contributed by atoms with Crippen LogP contribution >= 0.6 is 0 Å². The van der Waals surface area contributed by atoms with Gasteiger partial charge in [0, 0.05) is 11.3 Å². The van der Waals surface area contributed by atoms with Gasteiger partial charge in [-0.1, -0.05) is 25.1 Å². The Hall–Kier alpha value is -2.92. The zero-order valence-electron chi connectivity index (χ0n) is 16.5. The maximum absolute atomic E-state index is 12.4. The molecule has 160 valence electrons. The summed E-state index contributed by atoms with van der Waals surface area (Å²) in [7, 11) is -7.14. The first-order chi connectivity index (χ1) is 14.1. The number of hydrogen-bond donors (Lipinski definition) is 3. The van der Waals surface area contributed by atoms with Crippen LogP contribution in [0.5, 0.6) is 0 Å². The van der Waals surface area contributed by atoms with Crippen molar-refractivity contribution < 1.29 is 21.6 Å². The zero-order valence-corrected chi connectivity index (χ0v) is 18.1. The number of sulfonamides is 2. The minimum atomic E-state index is -3.67. The molecule has 0 aliphatic carbocycles. The lowest BCUT2D eigenvalue weighted by Crippen LogP contribution is -2.24. The van der Waals surface area contributed by atoms with Crippen molar-refractivity contribution in [1.82, 2.24) is 4.72 Å². The Labute approximate surface area is 175 Å². The first kappa shape index (κ1) is 21.8. The zero-order chi connectivity index (χ0) is 21.9. The summed E-state index contributed by atoms with van der Waals surface area (Å²) >= 11 is 0. The predicted octanol–water partition coefficient (Wildman–Crippen LogP) is 1.82. The lowest BCUT2D eigenvalue weighted by atomic mass is 10.1. The quantitative estimate of drug-likeness (QED) is 0.592. The van der Waals surface area contributed by atoms with Gasteiger partial charge in [0.05, 0.1) is 16.3 Å². The molecule has 0 fully saturated rings. The molecule has 2 aromatic carbocycles. The van der Waals surface area contributed by atoms with Crippen LogP contribution in [0.25, 0.3) is 0 Å². The van der Waals surface area contributed by atoms with E-state index in [0.717, 1.165) is 0 Å². The molecule has 2 aromatic rings. The van der Waals surface area contributed by atoms with E-state index in [1.165, 1.54) is 6.07 Å². The molecular formula is C19H22N4O5S2. The third kappa shape index (κ3) is 4.79. The van der Waals surface area contributed by atoms with E-state index in [1.807, 2.05) is 0 Å². The maximum atomic E-state index is 12.4. The van der Waals surface area contributed by atoms with Crippen LogP contribution in [0.15, 0.2) is 52.4 Å². The van der Waals surface area contributed by atoms with Gasteiger partial charge in [-0.15, -0.1) is 0 Å². The van der Waals surface area contributed by atoms with Crippen molar-refractivity contribution in [2.45, 2.75) is 25.2 Å². The molecule has 0 bridgehead atoms. The van der Waals surface area contributed by atoms with Crippen LogP contribution in [0.3, 0.4) is 0 Å². The number of nitrogens with one attached hydrogen (secondary N) is 3. The maximum Gasteiger partial charge on any atom is 0.263 e. The SMILES string of the molecule is CCCS(=O)(=O)Nc1cccc(NC(=O)CN=C2NS(=O)(=O)c3ccccc32)c1C. The number of carbonyl (C=O) groups excluding carboxylic acids is 1. The second-order valence-corrected chi connectivity index (χ2v) is 10.2. The molecule has 0 unspecified atom stereocenters. The number of aliphatic imine (C=N–C) groups is 1. The van der Waals surface area contributed by atoms with Crippen LogP contribution in [0.2, 0.25) is 0 Å². The van der Waals surface area contributed by atoms with Crippen molar-refractivity contribution in [2.24, 2.45) is 4.99 Å². The van der Waals surface area contributed by atoms with Gasteiger partial charge in [-0.3, -0.25) is 19.2 Å². The fourth-order valence-electron chi connectivity index (χ4n) is 2.96. The summed E-state index contributed by atoms with van der Waals surface area (Å²) in [6.45, 7) is 3.15. The standard InChI is InChI=1S/C19H22N4O5S2/c1-3-11-29(25,26)22-16-9-6-8-15(13(16)2)21-18(24)12-20-19-14-7-4-5-10-17(14)30(27,28)23-19/h4-10,22H,3,11-12H2,1-2H3,(H,20,23)(H,21,24). The topological polar surface area (TPSA) is 134 Å². The number of benzene rings is 2. The van der Waals surface area contributed by atoms with Crippen molar-refractivity contribution in [2.75, 3.05) is 22.3 Å². The van der Waals surface area contributed by atoms with Crippen LogP contribution in [-0.2, 0) is 24.8 Å². The van der Waals surface area contributed by atoms with Crippen molar-refractivity contribution in [1.29, 1.82) is 0 Å². The third-order valence-electron chi connectivity index (χ3n) is 4.39. The Kier molecular flexibility index (Phi) is 6.13. The first-order valence-electron chi connectivity index (χ1n) is 9.19. The Morgan fingerprint density at radius 1 is 1.10 bits per heavy atom. The largest absolute Gasteiger partial charge is 0.324 e. The van der Waals surface area contributed by atoms with Gasteiger partial charge in [-0.05, 0) is 43.2 Å². The highest BCUT2D eigenvalue weighted by atomic mass is 32.2. The third-order valence-corrected chi connectivity index (χ3v) is 7.26. The van der Waals surface area contributed by atoms with Gasteiger partial charge in [0.1, 0.15) is 12.4 Å². The van der Waals surface area contributed by atoms with Gasteiger partial charge in [0.25, 0.3) is 10.0 Å². The summed E-state index contributed by atoms with van der Waals surface area (Å²) in [5, 5.41) is 2.68. The number of fused-ring (bicyclic) bond motifs is 1. The summed E-state index contributed by atoms with van der Waals surface area (Å²) < 4.78 is 53.1. The normalized spacial score (nSPS) is 16.0. The van der Waals surface area contributed by atoms with E-state index in [4.69, 9.17) is 0 Å². The van der Waals surface area contributed by atoms with Gasteiger partial charge in [-0.2, -0.15) is 0 Å². The van der Waals surface area contributed by atoms with Crippen molar-refractivity contribution in [3.8, 4) is 0 Å². The Morgan fingerprint density at radius 2 is 1.80 bits per heavy atom. The van der Waals surface area contributed by atoms with E-state index in [9.17, 15) is 21.6 Å². The monoisotopic (exact) mass is 450 g/mol. The summed E-state index contributed by atoms with van der Waals surface area (Å²) in [5.41, 5.74) is 1.79. The number of rotatable bonds is 7. The number of anilines is 2. The lowest BCUT2D eigenvalue weighted by Gasteiger charge is -2.14. The Bertz CT molecular complexity index is 1220. The highest BCUT2D eigenvalue weighted by Crippen LogP contribution is 2.25. The molecule has 0 radical (unpaired) electrons. The highest BCUT2D eigenvalue weighted by Gasteiger charge is 2.30. The van der Waals surface area contributed by atoms with Crippen molar-refractivity contribution in [3.05, 3.63) is 53.6 Å². The summed E-state index contributed by atoms with van der Waals surface area (Å²) in [5.74, 6) is -0.362. The molecule has 1 amide bonds. The average Bonchev–Trinajstić information content (AvgIpc) is 2.94. The number of carbonyl (C=O) groups is 1. The summed E-state index contributed by atoms with van der Waals surface area (Å²) in [6, 6.07) is 11.3. The van der Waals surface area contributed by atoms with Gasteiger partial charge in [0.15, 0.2) is 0 Å². The van der Waals surface area contributed by atoms with Crippen LogP contribution in [0.4, 0.5) is 11.4 Å². The molecule has 1 aliphatic rings. The van der Waals surface area contributed by atoms with Crippen molar-refractivity contribution in [3.63, 3.8) is 0 Å². The van der Waals surface area contributed by atoms with E-state index in [1.54, 1.807) is 50.2 Å². The highest BCUT2D eigenvalue weighted by molar-refractivity contribution is 7.92. The molecule has 3 N–H and O–H groups in total. The van der Waals surface area contributed by atoms with Crippen molar-refractivity contribution >= 4 is 43.2 Å². The Morgan fingerprint density at radius 3 is 2.53 bits per heavy atom. The minimum Gasteiger partial charge on any atom is -0.324 e. The van der Waals surface area contributed by atoms with E-state index in [-0.39, 0.29) is 23.0 Å². The van der Waals surface area contributed by atoms with E-state index in [2.05, 4.69) is 19.8 Å². The van der Waals surface area contributed by atoms with Crippen LogP contribution in [0, 0.1) is 6.92 Å². The smallest absolute Gasteiger partial charge is 0.263 e. The molecular weight excluding hydrogens is 428 g/mol. The molecule has 0 aromatic heterocycles. The Balaban J connectivity index is 1.74. The predicted molar refractivity (Wildman–Crippen MR) is 116 cm³/mol. The molecule has 0 saturated carbocycles. The van der Waals surface area contributed by atoms with E-state index >= 15 is 0 Å². The number of hydrogen-bond acceptors (Lipinski definition) is 6. The van der Waals surface area contributed by atoms with E-state index < -0.39 is 26.0 Å². The fraction of sp³-hybridized carbons (Fsp3) is 0.263. The second kappa shape index (κ2) is 8.44. The molecule has 9 nitrogen and oxygen atoms in total. The molecule has 0 atom stereocenters. The lowest BCUT2D eigenvalue weighted by molar-refractivity contribution is -0.114. The first-order valence-corrected chi connectivity index (χ1v) is 12.3. The van der Waals surface area contributed by atoms with Crippen LogP contribution in [-0.4, -0.2) is 40.9 Å². The number of amidine groups is 1. The van der Waals surface area contributed by atoms with Gasteiger partial charge >= 0.3 is 0 Å². The minimum absolute atomic E-state index is 0.00208. The second-order valence-electron chi connectivity index (χ2n) is 6.71. The van der Waals surface area contributed by atoms with Gasteiger partial charge < -0.3 is 5.32 Å². The fourth-order valence-corrected chi connectivity index (χ4v) is 5.41. The summed E-state index contributed by atoms with van der Waals surface area (Å²) in [4.78, 5) is 16.6.